The minimum absolute atomic E-state index is 0.224. The molecule has 2 aliphatic heterocycles. The molecule has 0 aliphatic carbocycles. The topological polar surface area (TPSA) is 94.5 Å². The van der Waals surface area contributed by atoms with Gasteiger partial charge in [0.2, 0.25) is 0 Å². The summed E-state index contributed by atoms with van der Waals surface area (Å²) in [6.45, 7) is 2.49. The van der Waals surface area contributed by atoms with Gasteiger partial charge in [-0.3, -0.25) is 4.52 Å². The Kier molecular flexibility index (Phi) is 3.62. The maximum Gasteiger partial charge on any atom is 0.470 e. The summed E-state index contributed by atoms with van der Waals surface area (Å²) < 4.78 is 32.1. The van der Waals surface area contributed by atoms with Crippen LogP contribution in [-0.2, 0) is 23.3 Å². The highest BCUT2D eigenvalue weighted by molar-refractivity contribution is 7.46. The molecular formula is C9H17O7P. The highest BCUT2D eigenvalue weighted by atomic mass is 31.2. The first-order chi connectivity index (χ1) is 7.88. The lowest BCUT2D eigenvalue weighted by atomic mass is 9.90. The molecule has 2 fully saturated rings. The lowest BCUT2D eigenvalue weighted by Gasteiger charge is -2.37. The van der Waals surface area contributed by atoms with Gasteiger partial charge in [0.1, 0.15) is 17.8 Å². The lowest BCUT2D eigenvalue weighted by molar-refractivity contribution is -0.141. The van der Waals surface area contributed by atoms with E-state index in [-0.39, 0.29) is 12.7 Å². The molecule has 2 bridgehead atoms. The summed E-state index contributed by atoms with van der Waals surface area (Å²) in [5.74, 6) is 0. The fourth-order valence-corrected chi connectivity index (χ4v) is 3.19. The van der Waals surface area contributed by atoms with Crippen LogP contribution in [0.15, 0.2) is 0 Å². The van der Waals surface area contributed by atoms with Crippen molar-refractivity contribution < 1.29 is 33.1 Å². The molecule has 2 aliphatic rings. The van der Waals surface area contributed by atoms with E-state index in [2.05, 4.69) is 0 Å². The van der Waals surface area contributed by atoms with E-state index in [4.69, 9.17) is 28.5 Å². The van der Waals surface area contributed by atoms with Gasteiger partial charge < -0.3 is 24.0 Å². The molecule has 4 atom stereocenters. The normalized spacial score (nSPS) is 41.8. The van der Waals surface area contributed by atoms with Crippen LogP contribution in [-0.4, -0.2) is 54.0 Å². The van der Waals surface area contributed by atoms with Crippen molar-refractivity contribution in [1.29, 1.82) is 0 Å². The highest BCUT2D eigenvalue weighted by Crippen LogP contribution is 2.49. The number of hydrogen-bond acceptors (Lipinski definition) is 5. The van der Waals surface area contributed by atoms with Gasteiger partial charge >= 0.3 is 7.82 Å². The quantitative estimate of drug-likeness (QED) is 0.696. The minimum atomic E-state index is -4.58. The van der Waals surface area contributed by atoms with Crippen LogP contribution in [0.3, 0.4) is 0 Å². The summed E-state index contributed by atoms with van der Waals surface area (Å²) in [5.41, 5.74) is -0.821. The van der Waals surface area contributed by atoms with E-state index in [0.29, 0.717) is 13.0 Å². The molecule has 8 heteroatoms. The van der Waals surface area contributed by atoms with Crippen LogP contribution in [0.1, 0.15) is 13.3 Å². The summed E-state index contributed by atoms with van der Waals surface area (Å²) in [6.07, 6.45) is -1.05. The van der Waals surface area contributed by atoms with Crippen LogP contribution in [0.5, 0.6) is 0 Å². The SMILES string of the molecule is COCC12CCOC(C(C)O1)C2OP(=O)(O)O. The van der Waals surface area contributed by atoms with Gasteiger partial charge in [-0.25, -0.2) is 4.57 Å². The molecule has 100 valence electrons. The summed E-state index contributed by atoms with van der Waals surface area (Å²) in [5, 5.41) is 0. The zero-order chi connectivity index (χ0) is 12.7. The van der Waals surface area contributed by atoms with Crippen LogP contribution < -0.4 is 0 Å². The van der Waals surface area contributed by atoms with Gasteiger partial charge in [0.25, 0.3) is 0 Å². The van der Waals surface area contributed by atoms with Crippen molar-refractivity contribution >= 4 is 7.82 Å². The molecule has 0 radical (unpaired) electrons. The molecule has 0 saturated carbocycles. The van der Waals surface area contributed by atoms with Gasteiger partial charge in [-0.2, -0.15) is 0 Å². The summed E-state index contributed by atoms with van der Waals surface area (Å²) in [6, 6.07) is 0. The van der Waals surface area contributed by atoms with E-state index in [1.54, 1.807) is 6.92 Å². The number of phosphoric acid groups is 1. The zero-order valence-electron chi connectivity index (χ0n) is 9.74. The Bertz CT molecular complexity index is 325. The molecule has 2 saturated heterocycles. The van der Waals surface area contributed by atoms with Crippen LogP contribution >= 0.6 is 7.82 Å². The van der Waals surface area contributed by atoms with E-state index < -0.39 is 25.6 Å². The molecule has 0 spiro atoms. The van der Waals surface area contributed by atoms with Crippen molar-refractivity contribution in [3.8, 4) is 0 Å². The van der Waals surface area contributed by atoms with Crippen LogP contribution in [0.2, 0.25) is 0 Å². The first kappa shape index (κ1) is 13.4. The second-order valence-electron chi connectivity index (χ2n) is 4.42. The molecule has 0 aromatic rings. The van der Waals surface area contributed by atoms with Gasteiger partial charge in [0, 0.05) is 13.5 Å². The van der Waals surface area contributed by atoms with Gasteiger partial charge in [-0.05, 0) is 6.92 Å². The molecule has 7 nitrogen and oxygen atoms in total. The second-order valence-corrected chi connectivity index (χ2v) is 5.61. The van der Waals surface area contributed by atoms with Crippen molar-refractivity contribution in [3.63, 3.8) is 0 Å². The van der Waals surface area contributed by atoms with Crippen molar-refractivity contribution in [2.24, 2.45) is 0 Å². The Balaban J connectivity index is 2.24. The number of ether oxygens (including phenoxy) is 3. The minimum Gasteiger partial charge on any atom is -0.382 e. The van der Waals surface area contributed by atoms with Gasteiger partial charge in [0.15, 0.2) is 0 Å². The fourth-order valence-electron chi connectivity index (χ4n) is 2.58. The molecule has 0 amide bonds. The Hall–Kier alpha value is -0.0100. The molecule has 0 aromatic carbocycles. The lowest BCUT2D eigenvalue weighted by Crippen LogP contribution is -2.52. The number of methoxy groups -OCH3 is 1. The maximum atomic E-state index is 11.0. The van der Waals surface area contributed by atoms with E-state index in [1.807, 2.05) is 0 Å². The van der Waals surface area contributed by atoms with Crippen molar-refractivity contribution in [1.82, 2.24) is 0 Å². The predicted molar refractivity (Wildman–Crippen MR) is 56.4 cm³/mol. The van der Waals surface area contributed by atoms with Gasteiger partial charge in [-0.1, -0.05) is 0 Å². The van der Waals surface area contributed by atoms with E-state index >= 15 is 0 Å². The van der Waals surface area contributed by atoms with Crippen molar-refractivity contribution in [3.05, 3.63) is 0 Å². The van der Waals surface area contributed by atoms with Gasteiger partial charge in [-0.15, -0.1) is 0 Å². The number of rotatable bonds is 4. The second kappa shape index (κ2) is 4.59. The number of phosphoric ester groups is 1. The molecule has 0 aromatic heterocycles. The molecule has 2 rings (SSSR count). The average molecular weight is 268 g/mol. The fraction of sp³-hybridized carbons (Fsp3) is 1.00. The van der Waals surface area contributed by atoms with E-state index in [0.717, 1.165) is 0 Å². The van der Waals surface area contributed by atoms with Gasteiger partial charge in [0.05, 0.1) is 19.3 Å². The molecule has 2 heterocycles. The summed E-state index contributed by atoms with van der Waals surface area (Å²) in [7, 11) is -3.06. The Labute approximate surface area is 99.2 Å². The Morgan fingerprint density at radius 1 is 1.53 bits per heavy atom. The first-order valence-electron chi connectivity index (χ1n) is 5.40. The largest absolute Gasteiger partial charge is 0.470 e. The summed E-state index contributed by atoms with van der Waals surface area (Å²) in [4.78, 5) is 17.9. The maximum absolute atomic E-state index is 11.0. The Morgan fingerprint density at radius 2 is 2.24 bits per heavy atom. The van der Waals surface area contributed by atoms with Crippen molar-refractivity contribution in [2.75, 3.05) is 20.3 Å². The standard InChI is InChI=1S/C9H17O7P/c1-6-7-8(16-17(10,11)12)9(15-6,5-13-2)3-4-14-7/h6-8H,3-5H2,1-2H3,(H2,10,11,12). The third-order valence-corrected chi connectivity index (χ3v) is 3.68. The molecular weight excluding hydrogens is 251 g/mol. The van der Waals surface area contributed by atoms with Crippen LogP contribution in [0.4, 0.5) is 0 Å². The Morgan fingerprint density at radius 3 is 2.82 bits per heavy atom. The third kappa shape index (κ3) is 2.56. The molecule has 2 N–H and O–H groups in total. The number of fused-ring (bicyclic) bond motifs is 2. The summed E-state index contributed by atoms with van der Waals surface area (Å²) >= 11 is 0. The van der Waals surface area contributed by atoms with Crippen LogP contribution in [0.25, 0.3) is 0 Å². The highest BCUT2D eigenvalue weighted by Gasteiger charge is 2.59. The number of hydrogen-bond donors (Lipinski definition) is 2. The zero-order valence-corrected chi connectivity index (χ0v) is 10.6. The third-order valence-electron chi connectivity index (χ3n) is 3.18. The molecule has 4 unspecified atom stereocenters. The monoisotopic (exact) mass is 268 g/mol. The van der Waals surface area contributed by atoms with Crippen molar-refractivity contribution in [2.45, 2.75) is 37.3 Å². The average Bonchev–Trinajstić information content (AvgIpc) is 2.35. The van der Waals surface area contributed by atoms with E-state index in [1.165, 1.54) is 7.11 Å². The van der Waals surface area contributed by atoms with Crippen LogP contribution in [0, 0.1) is 0 Å². The first-order valence-corrected chi connectivity index (χ1v) is 6.93. The molecule has 17 heavy (non-hydrogen) atoms. The van der Waals surface area contributed by atoms with E-state index in [9.17, 15) is 4.57 Å². The smallest absolute Gasteiger partial charge is 0.382 e. The predicted octanol–water partition coefficient (Wildman–Crippen LogP) is 0.0571.